The fourth-order valence-electron chi connectivity index (χ4n) is 2.77. The van der Waals surface area contributed by atoms with Gasteiger partial charge in [0.15, 0.2) is 0 Å². The summed E-state index contributed by atoms with van der Waals surface area (Å²) in [7, 11) is -3.79. The van der Waals surface area contributed by atoms with E-state index in [9.17, 15) is 18.0 Å². The molecule has 138 valence electrons. The van der Waals surface area contributed by atoms with Crippen LogP contribution in [0.5, 0.6) is 0 Å². The van der Waals surface area contributed by atoms with Gasteiger partial charge in [0.05, 0.1) is 5.56 Å². The lowest BCUT2D eigenvalue weighted by atomic mass is 10.1. The molecular formula is C17H19N3O5S. The summed E-state index contributed by atoms with van der Waals surface area (Å²) < 4.78 is 27.2. The van der Waals surface area contributed by atoms with Gasteiger partial charge in [-0.05, 0) is 36.6 Å². The zero-order valence-electron chi connectivity index (χ0n) is 13.9. The molecule has 3 rings (SSSR count). The standard InChI is InChI=1S/C17H19N3O5S/c21-16(20-7-1-2-8-20)15-9-14(11-18-15)26(24,25)19-10-12-3-5-13(6-4-12)17(22)23/h3-6,9,11,18-19H,1-2,7-8,10H2,(H,22,23). The molecule has 8 nitrogen and oxygen atoms in total. The Morgan fingerprint density at radius 2 is 1.81 bits per heavy atom. The number of amides is 1. The normalized spacial score (nSPS) is 14.5. The fraction of sp³-hybridized carbons (Fsp3) is 0.294. The van der Waals surface area contributed by atoms with Gasteiger partial charge in [0.25, 0.3) is 5.91 Å². The molecule has 9 heteroatoms. The minimum atomic E-state index is -3.79. The van der Waals surface area contributed by atoms with Crippen molar-refractivity contribution in [1.82, 2.24) is 14.6 Å². The molecule has 1 aliphatic rings. The quantitative estimate of drug-likeness (QED) is 0.703. The number of aromatic nitrogens is 1. The van der Waals surface area contributed by atoms with E-state index in [0.717, 1.165) is 12.8 Å². The molecule has 1 fully saturated rings. The van der Waals surface area contributed by atoms with Crippen LogP contribution in [0.25, 0.3) is 0 Å². The van der Waals surface area contributed by atoms with E-state index >= 15 is 0 Å². The monoisotopic (exact) mass is 377 g/mol. The highest BCUT2D eigenvalue weighted by molar-refractivity contribution is 7.89. The van der Waals surface area contributed by atoms with Crippen LogP contribution in [0.2, 0.25) is 0 Å². The Kier molecular flexibility index (Phi) is 5.10. The number of nitrogens with one attached hydrogen (secondary N) is 2. The van der Waals surface area contributed by atoms with Crippen molar-refractivity contribution < 1.29 is 23.1 Å². The number of nitrogens with zero attached hydrogens (tertiary/aromatic N) is 1. The van der Waals surface area contributed by atoms with Crippen LogP contribution in [0.1, 0.15) is 39.3 Å². The van der Waals surface area contributed by atoms with Crippen LogP contribution in [0.4, 0.5) is 0 Å². The molecule has 2 aromatic rings. The van der Waals surface area contributed by atoms with Crippen LogP contribution >= 0.6 is 0 Å². The van der Waals surface area contributed by atoms with Crippen LogP contribution in [-0.4, -0.2) is 48.4 Å². The lowest BCUT2D eigenvalue weighted by Crippen LogP contribution is -2.27. The maximum atomic E-state index is 12.4. The van der Waals surface area contributed by atoms with Crippen molar-refractivity contribution in [2.75, 3.05) is 13.1 Å². The Hall–Kier alpha value is -2.65. The molecule has 0 atom stereocenters. The predicted octanol–water partition coefficient (Wildman–Crippen LogP) is 1.43. The summed E-state index contributed by atoms with van der Waals surface area (Å²) in [6.45, 7) is 1.39. The van der Waals surface area contributed by atoms with Gasteiger partial charge >= 0.3 is 5.97 Å². The van der Waals surface area contributed by atoms with Crippen LogP contribution in [-0.2, 0) is 16.6 Å². The maximum Gasteiger partial charge on any atom is 0.335 e. The van der Waals surface area contributed by atoms with Crippen molar-refractivity contribution in [3.63, 3.8) is 0 Å². The molecule has 26 heavy (non-hydrogen) atoms. The van der Waals surface area contributed by atoms with Gasteiger partial charge in [0, 0.05) is 25.8 Å². The first-order valence-corrected chi connectivity index (χ1v) is 9.65. The predicted molar refractivity (Wildman–Crippen MR) is 93.4 cm³/mol. The second-order valence-corrected chi connectivity index (χ2v) is 7.84. The number of carbonyl (C=O) groups excluding carboxylic acids is 1. The number of aromatic carboxylic acids is 1. The Balaban J connectivity index is 1.66. The highest BCUT2D eigenvalue weighted by Gasteiger charge is 2.23. The van der Waals surface area contributed by atoms with Gasteiger partial charge in [-0.15, -0.1) is 0 Å². The number of aromatic amines is 1. The highest BCUT2D eigenvalue weighted by atomic mass is 32.2. The molecule has 0 spiro atoms. The summed E-state index contributed by atoms with van der Waals surface area (Å²) in [5.41, 5.74) is 1.01. The number of H-pyrrole nitrogens is 1. The van der Waals surface area contributed by atoms with E-state index in [1.54, 1.807) is 17.0 Å². The van der Waals surface area contributed by atoms with Gasteiger partial charge in [-0.25, -0.2) is 17.9 Å². The number of sulfonamides is 1. The Bertz CT molecular complexity index is 912. The third-order valence-electron chi connectivity index (χ3n) is 4.26. The number of carboxylic acids is 1. The number of hydrogen-bond acceptors (Lipinski definition) is 4. The minimum absolute atomic E-state index is 0.0118. The number of benzene rings is 1. The van der Waals surface area contributed by atoms with Crippen molar-refractivity contribution in [1.29, 1.82) is 0 Å². The van der Waals surface area contributed by atoms with E-state index < -0.39 is 16.0 Å². The molecule has 0 saturated carbocycles. The molecule has 1 aromatic heterocycles. The number of rotatable bonds is 6. The number of hydrogen-bond donors (Lipinski definition) is 3. The third-order valence-corrected chi connectivity index (χ3v) is 5.64. The highest BCUT2D eigenvalue weighted by Crippen LogP contribution is 2.16. The molecule has 1 amide bonds. The Labute approximate surface area is 150 Å². The first-order valence-electron chi connectivity index (χ1n) is 8.16. The van der Waals surface area contributed by atoms with E-state index in [-0.39, 0.29) is 28.6 Å². The smallest absolute Gasteiger partial charge is 0.335 e. The average Bonchev–Trinajstić information content (AvgIpc) is 3.31. The molecule has 1 aliphatic heterocycles. The van der Waals surface area contributed by atoms with Gasteiger partial charge in [0.1, 0.15) is 10.6 Å². The van der Waals surface area contributed by atoms with Crippen molar-refractivity contribution in [3.05, 3.63) is 53.3 Å². The SMILES string of the molecule is O=C(O)c1ccc(CNS(=O)(=O)c2c[nH]c(C(=O)N3CCCC3)c2)cc1. The third kappa shape index (κ3) is 3.94. The average molecular weight is 377 g/mol. The second kappa shape index (κ2) is 7.30. The Morgan fingerprint density at radius 3 is 2.42 bits per heavy atom. The molecule has 3 N–H and O–H groups in total. The largest absolute Gasteiger partial charge is 0.478 e. The topological polar surface area (TPSA) is 120 Å². The van der Waals surface area contributed by atoms with Gasteiger partial charge in [-0.3, -0.25) is 4.79 Å². The van der Waals surface area contributed by atoms with Crippen LogP contribution in [0.15, 0.2) is 41.4 Å². The maximum absolute atomic E-state index is 12.4. The van der Waals surface area contributed by atoms with Crippen molar-refractivity contribution in [3.8, 4) is 0 Å². The molecular weight excluding hydrogens is 358 g/mol. The van der Waals surface area contributed by atoms with Crippen LogP contribution in [0.3, 0.4) is 0 Å². The van der Waals surface area contributed by atoms with Crippen LogP contribution < -0.4 is 4.72 Å². The fourth-order valence-corrected chi connectivity index (χ4v) is 3.78. The minimum Gasteiger partial charge on any atom is -0.478 e. The summed E-state index contributed by atoms with van der Waals surface area (Å²) in [5.74, 6) is -1.24. The van der Waals surface area contributed by atoms with Crippen molar-refractivity contribution >= 4 is 21.9 Å². The Morgan fingerprint density at radius 1 is 1.15 bits per heavy atom. The first-order chi connectivity index (χ1) is 12.4. The number of carbonyl (C=O) groups is 2. The van der Waals surface area contributed by atoms with Gasteiger partial charge < -0.3 is 15.0 Å². The van der Waals surface area contributed by atoms with Crippen LogP contribution in [0, 0.1) is 0 Å². The van der Waals surface area contributed by atoms with E-state index in [4.69, 9.17) is 5.11 Å². The van der Waals surface area contributed by atoms with Gasteiger partial charge in [-0.1, -0.05) is 12.1 Å². The van der Waals surface area contributed by atoms with Gasteiger partial charge in [0.2, 0.25) is 10.0 Å². The van der Waals surface area contributed by atoms with Gasteiger partial charge in [-0.2, -0.15) is 0 Å². The number of likely N-dealkylation sites (tertiary alicyclic amines) is 1. The first kappa shape index (κ1) is 18.2. The summed E-state index contributed by atoms with van der Waals surface area (Å²) in [4.78, 5) is 27.5. The summed E-state index contributed by atoms with van der Waals surface area (Å²) in [6, 6.07) is 7.25. The van der Waals surface area contributed by atoms with Crippen molar-refractivity contribution in [2.45, 2.75) is 24.3 Å². The number of carboxylic acid groups (broad SMARTS) is 1. The van der Waals surface area contributed by atoms with E-state index in [1.165, 1.54) is 24.4 Å². The molecule has 1 saturated heterocycles. The summed E-state index contributed by atoms with van der Waals surface area (Å²) in [5, 5.41) is 8.86. The zero-order valence-corrected chi connectivity index (χ0v) is 14.8. The van der Waals surface area contributed by atoms with Crippen molar-refractivity contribution in [2.24, 2.45) is 0 Å². The zero-order chi connectivity index (χ0) is 18.7. The molecule has 2 heterocycles. The van der Waals surface area contributed by atoms with E-state index in [1.807, 2.05) is 0 Å². The molecule has 1 aromatic carbocycles. The summed E-state index contributed by atoms with van der Waals surface area (Å²) >= 11 is 0. The molecule has 0 bridgehead atoms. The molecule has 0 aliphatic carbocycles. The lowest BCUT2D eigenvalue weighted by Gasteiger charge is -2.13. The molecule has 0 unspecified atom stereocenters. The second-order valence-electron chi connectivity index (χ2n) is 6.07. The lowest BCUT2D eigenvalue weighted by molar-refractivity contribution is 0.0696. The summed E-state index contributed by atoms with van der Waals surface area (Å²) in [6.07, 6.45) is 3.21. The molecule has 0 radical (unpaired) electrons. The van der Waals surface area contributed by atoms with E-state index in [2.05, 4.69) is 9.71 Å². The van der Waals surface area contributed by atoms with E-state index in [0.29, 0.717) is 18.7 Å².